The van der Waals surface area contributed by atoms with E-state index in [1.807, 2.05) is 23.9 Å². The first-order valence-electron chi connectivity index (χ1n) is 5.82. The summed E-state index contributed by atoms with van der Waals surface area (Å²) < 4.78 is 1.92. The molecule has 4 nitrogen and oxygen atoms in total. The summed E-state index contributed by atoms with van der Waals surface area (Å²) in [6.45, 7) is 6.11. The van der Waals surface area contributed by atoms with Crippen molar-refractivity contribution in [1.29, 1.82) is 0 Å². The van der Waals surface area contributed by atoms with Crippen LogP contribution in [0.1, 0.15) is 38.9 Å². The molecular weight excluding hydrogens is 202 g/mol. The number of nitrogens with zero attached hydrogens (tertiary/aromatic N) is 2. The maximum atomic E-state index is 11.7. The molecule has 1 aromatic heterocycles. The number of hydrogen-bond acceptors (Lipinski definition) is 3. The molecule has 2 atom stereocenters. The highest BCUT2D eigenvalue weighted by atomic mass is 16.1. The van der Waals surface area contributed by atoms with E-state index in [0.717, 1.165) is 12.1 Å². The topological polar surface area (TPSA) is 46.9 Å². The van der Waals surface area contributed by atoms with Crippen molar-refractivity contribution in [2.75, 3.05) is 7.05 Å². The Bertz CT molecular complexity index is 346. The third-order valence-corrected chi connectivity index (χ3v) is 2.98. The second kappa shape index (κ2) is 5.80. The number of Topliss-reactive ketones (excluding diaryl/α,β-unsaturated/α-hetero) is 1. The van der Waals surface area contributed by atoms with Crippen LogP contribution in [-0.4, -0.2) is 28.7 Å². The average molecular weight is 223 g/mol. The third kappa shape index (κ3) is 3.17. The number of carbonyl (C=O) groups excluding carboxylic acids is 1. The fourth-order valence-electron chi connectivity index (χ4n) is 1.40. The molecule has 2 unspecified atom stereocenters. The number of nitrogens with one attached hydrogen (secondary N) is 1. The Balaban J connectivity index is 2.62. The highest BCUT2D eigenvalue weighted by Gasteiger charge is 2.13. The van der Waals surface area contributed by atoms with Crippen LogP contribution in [0.3, 0.4) is 0 Å². The lowest BCUT2D eigenvalue weighted by Gasteiger charge is -2.09. The first kappa shape index (κ1) is 12.9. The van der Waals surface area contributed by atoms with Crippen LogP contribution < -0.4 is 5.32 Å². The van der Waals surface area contributed by atoms with E-state index in [4.69, 9.17) is 0 Å². The van der Waals surface area contributed by atoms with Gasteiger partial charge in [0.05, 0.1) is 18.2 Å². The molecule has 0 saturated carbocycles. The molecule has 0 saturated heterocycles. The summed E-state index contributed by atoms with van der Waals surface area (Å²) in [6, 6.07) is 2.21. The van der Waals surface area contributed by atoms with Crippen LogP contribution in [0.5, 0.6) is 0 Å². The van der Waals surface area contributed by atoms with Crippen LogP contribution in [0.25, 0.3) is 0 Å². The standard InChI is InChI=1S/C12H21N3O/c1-5-9(2)15-7-6-11(14-15)8-12(16)10(3)13-4/h6-7,9-10,13H,5,8H2,1-4H3. The molecule has 0 fully saturated rings. The first-order chi connectivity index (χ1) is 7.58. The fourth-order valence-corrected chi connectivity index (χ4v) is 1.40. The number of carbonyl (C=O) groups is 1. The van der Waals surface area contributed by atoms with Gasteiger partial charge >= 0.3 is 0 Å². The van der Waals surface area contributed by atoms with Crippen LogP contribution in [0.4, 0.5) is 0 Å². The molecule has 0 aliphatic carbocycles. The normalized spacial score (nSPS) is 14.8. The molecule has 0 bridgehead atoms. The second-order valence-corrected chi connectivity index (χ2v) is 4.20. The Labute approximate surface area is 97.0 Å². The number of aromatic nitrogens is 2. The lowest BCUT2D eigenvalue weighted by Crippen LogP contribution is -2.32. The molecule has 4 heteroatoms. The summed E-state index contributed by atoms with van der Waals surface area (Å²) >= 11 is 0. The van der Waals surface area contributed by atoms with Crippen LogP contribution in [-0.2, 0) is 11.2 Å². The van der Waals surface area contributed by atoms with E-state index < -0.39 is 0 Å². The smallest absolute Gasteiger partial charge is 0.155 e. The molecule has 0 radical (unpaired) electrons. The summed E-state index contributed by atoms with van der Waals surface area (Å²) in [7, 11) is 1.79. The summed E-state index contributed by atoms with van der Waals surface area (Å²) in [5.74, 6) is 0.178. The Kier molecular flexibility index (Phi) is 4.68. The van der Waals surface area contributed by atoms with Gasteiger partial charge in [-0.15, -0.1) is 0 Å². The average Bonchev–Trinajstić information content (AvgIpc) is 2.75. The molecule has 0 aliphatic heterocycles. The molecular formula is C12H21N3O. The highest BCUT2D eigenvalue weighted by Crippen LogP contribution is 2.09. The van der Waals surface area contributed by atoms with E-state index in [1.165, 1.54) is 0 Å². The fraction of sp³-hybridized carbons (Fsp3) is 0.667. The van der Waals surface area contributed by atoms with Crippen molar-refractivity contribution in [2.45, 2.75) is 45.7 Å². The van der Waals surface area contributed by atoms with Crippen molar-refractivity contribution in [3.63, 3.8) is 0 Å². The van der Waals surface area contributed by atoms with Crippen molar-refractivity contribution in [1.82, 2.24) is 15.1 Å². The number of ketones is 1. The van der Waals surface area contributed by atoms with E-state index in [0.29, 0.717) is 12.5 Å². The van der Waals surface area contributed by atoms with Crippen LogP contribution in [0.15, 0.2) is 12.3 Å². The largest absolute Gasteiger partial charge is 0.311 e. The summed E-state index contributed by atoms with van der Waals surface area (Å²) in [5.41, 5.74) is 0.854. The van der Waals surface area contributed by atoms with Crippen molar-refractivity contribution in [2.24, 2.45) is 0 Å². The summed E-state index contributed by atoms with van der Waals surface area (Å²) in [4.78, 5) is 11.7. The lowest BCUT2D eigenvalue weighted by molar-refractivity contribution is -0.119. The second-order valence-electron chi connectivity index (χ2n) is 4.20. The molecule has 90 valence electrons. The molecule has 1 heterocycles. The Morgan fingerprint density at radius 1 is 1.56 bits per heavy atom. The van der Waals surface area contributed by atoms with Gasteiger partial charge in [-0.2, -0.15) is 5.10 Å². The van der Waals surface area contributed by atoms with Gasteiger partial charge in [0, 0.05) is 12.2 Å². The Morgan fingerprint density at radius 2 is 2.25 bits per heavy atom. The van der Waals surface area contributed by atoms with E-state index >= 15 is 0 Å². The van der Waals surface area contributed by atoms with Gasteiger partial charge in [0.25, 0.3) is 0 Å². The minimum absolute atomic E-state index is 0.103. The molecule has 16 heavy (non-hydrogen) atoms. The van der Waals surface area contributed by atoms with E-state index in [2.05, 4.69) is 24.3 Å². The van der Waals surface area contributed by atoms with Gasteiger partial charge in [0.1, 0.15) is 0 Å². The maximum Gasteiger partial charge on any atom is 0.155 e. The zero-order valence-electron chi connectivity index (χ0n) is 10.5. The molecule has 0 aliphatic rings. The quantitative estimate of drug-likeness (QED) is 0.796. The van der Waals surface area contributed by atoms with Gasteiger partial charge in [-0.3, -0.25) is 9.48 Å². The Hall–Kier alpha value is -1.16. The molecule has 0 amide bonds. The highest BCUT2D eigenvalue weighted by molar-refractivity contribution is 5.85. The minimum atomic E-state index is -0.103. The maximum absolute atomic E-state index is 11.7. The van der Waals surface area contributed by atoms with Crippen molar-refractivity contribution in [3.8, 4) is 0 Å². The molecule has 1 rings (SSSR count). The predicted molar refractivity (Wildman–Crippen MR) is 64.5 cm³/mol. The Morgan fingerprint density at radius 3 is 2.81 bits per heavy atom. The third-order valence-electron chi connectivity index (χ3n) is 2.98. The zero-order chi connectivity index (χ0) is 12.1. The lowest BCUT2D eigenvalue weighted by atomic mass is 10.1. The minimum Gasteiger partial charge on any atom is -0.311 e. The van der Waals surface area contributed by atoms with Crippen molar-refractivity contribution >= 4 is 5.78 Å². The van der Waals surface area contributed by atoms with Crippen LogP contribution >= 0.6 is 0 Å². The summed E-state index contributed by atoms with van der Waals surface area (Å²) in [6.07, 6.45) is 3.40. The van der Waals surface area contributed by atoms with E-state index in [1.54, 1.807) is 7.05 Å². The molecule has 0 aromatic carbocycles. The van der Waals surface area contributed by atoms with Gasteiger partial charge in [0.2, 0.25) is 0 Å². The SMILES string of the molecule is CCC(C)n1ccc(CC(=O)C(C)NC)n1. The van der Waals surface area contributed by atoms with E-state index in [9.17, 15) is 4.79 Å². The molecule has 0 spiro atoms. The van der Waals surface area contributed by atoms with Gasteiger partial charge < -0.3 is 5.32 Å². The van der Waals surface area contributed by atoms with Gasteiger partial charge in [-0.1, -0.05) is 6.92 Å². The molecule has 1 N–H and O–H groups in total. The predicted octanol–water partition coefficient (Wildman–Crippen LogP) is 1.57. The number of rotatable bonds is 6. The monoisotopic (exact) mass is 223 g/mol. The number of likely N-dealkylation sites (N-methyl/N-ethyl adjacent to an activating group) is 1. The van der Waals surface area contributed by atoms with Gasteiger partial charge in [-0.25, -0.2) is 0 Å². The zero-order valence-corrected chi connectivity index (χ0v) is 10.5. The van der Waals surface area contributed by atoms with Crippen molar-refractivity contribution < 1.29 is 4.79 Å². The van der Waals surface area contributed by atoms with Gasteiger partial charge in [-0.05, 0) is 33.4 Å². The molecule has 1 aromatic rings. The van der Waals surface area contributed by atoms with Crippen LogP contribution in [0, 0.1) is 0 Å². The van der Waals surface area contributed by atoms with Crippen molar-refractivity contribution in [3.05, 3.63) is 18.0 Å². The number of hydrogen-bond donors (Lipinski definition) is 1. The summed E-state index contributed by atoms with van der Waals surface area (Å²) in [5, 5.41) is 7.35. The first-order valence-corrected chi connectivity index (χ1v) is 5.82. The van der Waals surface area contributed by atoms with E-state index in [-0.39, 0.29) is 11.8 Å². The van der Waals surface area contributed by atoms with Crippen LogP contribution in [0.2, 0.25) is 0 Å². The van der Waals surface area contributed by atoms with Gasteiger partial charge in [0.15, 0.2) is 5.78 Å².